The van der Waals surface area contributed by atoms with E-state index in [0.717, 1.165) is 12.5 Å². The summed E-state index contributed by atoms with van der Waals surface area (Å²) >= 11 is 0. The largest absolute Gasteiger partial charge is 0.388 e. The molecule has 0 bridgehead atoms. The second-order valence-electron chi connectivity index (χ2n) is 4.40. The van der Waals surface area contributed by atoms with Gasteiger partial charge in [0, 0.05) is 18.5 Å². The molecule has 1 atom stereocenters. The second kappa shape index (κ2) is 5.35. The maximum Gasteiger partial charge on any atom is 0.0920 e. The molecule has 3 heteroatoms. The van der Waals surface area contributed by atoms with Gasteiger partial charge in [0.2, 0.25) is 0 Å². The summed E-state index contributed by atoms with van der Waals surface area (Å²) in [6.07, 6.45) is 5.91. The number of unbranched alkanes of at least 4 members (excludes halogenated alkanes) is 1. The lowest BCUT2D eigenvalue weighted by molar-refractivity contribution is 0.199. The van der Waals surface area contributed by atoms with E-state index in [1.165, 1.54) is 32.2 Å². The molecule has 0 aromatic heterocycles. The average molecular weight is 197 g/mol. The van der Waals surface area contributed by atoms with Gasteiger partial charge in [-0.2, -0.15) is 0 Å². The fourth-order valence-electron chi connectivity index (χ4n) is 1.95. The molecule has 0 spiro atoms. The van der Waals surface area contributed by atoms with E-state index in [2.05, 4.69) is 18.7 Å². The van der Waals surface area contributed by atoms with Crippen molar-refractivity contribution in [2.24, 2.45) is 5.73 Å². The van der Waals surface area contributed by atoms with E-state index in [0.29, 0.717) is 11.9 Å². The van der Waals surface area contributed by atoms with Crippen LogP contribution in [0, 0.1) is 5.41 Å². The van der Waals surface area contributed by atoms with E-state index < -0.39 is 0 Å². The lowest BCUT2D eigenvalue weighted by Crippen LogP contribution is -2.38. The van der Waals surface area contributed by atoms with Crippen molar-refractivity contribution in [2.45, 2.75) is 58.0 Å². The van der Waals surface area contributed by atoms with Crippen LogP contribution in [0.1, 0.15) is 46.0 Å². The maximum atomic E-state index is 7.31. The number of hydrogen-bond acceptors (Lipinski definition) is 2. The first-order valence-corrected chi connectivity index (χ1v) is 5.73. The minimum Gasteiger partial charge on any atom is -0.388 e. The first-order chi connectivity index (χ1) is 6.65. The van der Waals surface area contributed by atoms with Crippen LogP contribution >= 0.6 is 0 Å². The summed E-state index contributed by atoms with van der Waals surface area (Å²) in [5.41, 5.74) is 5.44. The second-order valence-corrected chi connectivity index (χ2v) is 4.40. The van der Waals surface area contributed by atoms with Crippen LogP contribution in [-0.4, -0.2) is 29.4 Å². The Hall–Kier alpha value is -0.570. The van der Waals surface area contributed by atoms with Gasteiger partial charge in [0.1, 0.15) is 0 Å². The molecule has 3 nitrogen and oxygen atoms in total. The van der Waals surface area contributed by atoms with Crippen molar-refractivity contribution in [3.05, 3.63) is 0 Å². The first-order valence-electron chi connectivity index (χ1n) is 5.73. The Balaban J connectivity index is 2.35. The van der Waals surface area contributed by atoms with E-state index in [1.807, 2.05) is 0 Å². The number of amidine groups is 1. The fourth-order valence-corrected chi connectivity index (χ4v) is 1.95. The van der Waals surface area contributed by atoms with Crippen molar-refractivity contribution in [1.29, 1.82) is 5.41 Å². The summed E-state index contributed by atoms with van der Waals surface area (Å²) in [5, 5.41) is 7.31. The first kappa shape index (κ1) is 11.5. The summed E-state index contributed by atoms with van der Waals surface area (Å²) in [6.45, 7) is 5.59. The van der Waals surface area contributed by atoms with Crippen molar-refractivity contribution >= 4 is 5.84 Å². The van der Waals surface area contributed by atoms with Gasteiger partial charge in [0.15, 0.2) is 0 Å². The zero-order chi connectivity index (χ0) is 10.6. The van der Waals surface area contributed by atoms with Crippen molar-refractivity contribution < 1.29 is 0 Å². The Morgan fingerprint density at radius 2 is 2.21 bits per heavy atom. The lowest BCUT2D eigenvalue weighted by Gasteiger charge is -2.28. The molecule has 0 aliphatic heterocycles. The van der Waals surface area contributed by atoms with Gasteiger partial charge in [-0.3, -0.25) is 10.3 Å². The molecular weight excluding hydrogens is 174 g/mol. The van der Waals surface area contributed by atoms with Crippen LogP contribution in [0.5, 0.6) is 0 Å². The fraction of sp³-hybridized carbons (Fsp3) is 0.909. The maximum absolute atomic E-state index is 7.31. The van der Waals surface area contributed by atoms with Gasteiger partial charge in [-0.25, -0.2) is 0 Å². The molecule has 1 aliphatic rings. The smallest absolute Gasteiger partial charge is 0.0920 e. The molecule has 14 heavy (non-hydrogen) atoms. The minimum absolute atomic E-state index is 0.319. The summed E-state index contributed by atoms with van der Waals surface area (Å²) in [4.78, 5) is 2.53. The van der Waals surface area contributed by atoms with Gasteiger partial charge in [0.05, 0.1) is 5.84 Å². The Morgan fingerprint density at radius 1 is 1.57 bits per heavy atom. The van der Waals surface area contributed by atoms with E-state index in [-0.39, 0.29) is 0 Å². The van der Waals surface area contributed by atoms with E-state index >= 15 is 0 Å². The minimum atomic E-state index is 0.319. The molecule has 0 heterocycles. The predicted octanol–water partition coefficient (Wildman–Crippen LogP) is 1.97. The van der Waals surface area contributed by atoms with Crippen LogP contribution in [0.3, 0.4) is 0 Å². The van der Waals surface area contributed by atoms with Crippen LogP contribution in [0.25, 0.3) is 0 Å². The number of nitrogens with zero attached hydrogens (tertiary/aromatic N) is 1. The third kappa shape index (κ3) is 3.66. The predicted molar refractivity (Wildman–Crippen MR) is 60.6 cm³/mol. The zero-order valence-electron chi connectivity index (χ0n) is 9.42. The molecule has 1 rings (SSSR count). The molecule has 0 radical (unpaired) electrons. The van der Waals surface area contributed by atoms with Gasteiger partial charge >= 0.3 is 0 Å². The molecule has 1 fully saturated rings. The van der Waals surface area contributed by atoms with Gasteiger partial charge in [0.25, 0.3) is 0 Å². The summed E-state index contributed by atoms with van der Waals surface area (Å²) < 4.78 is 0. The van der Waals surface area contributed by atoms with Gasteiger partial charge < -0.3 is 5.73 Å². The summed E-state index contributed by atoms with van der Waals surface area (Å²) in [7, 11) is 0. The lowest BCUT2D eigenvalue weighted by atomic mass is 10.1. The van der Waals surface area contributed by atoms with Gasteiger partial charge in [-0.1, -0.05) is 13.3 Å². The molecule has 0 amide bonds. The Morgan fingerprint density at radius 3 is 2.64 bits per heavy atom. The number of rotatable bonds is 7. The van der Waals surface area contributed by atoms with Crippen LogP contribution in [0.4, 0.5) is 0 Å². The molecule has 82 valence electrons. The highest BCUT2D eigenvalue weighted by Gasteiger charge is 2.31. The SMILES string of the molecule is CCCCN(C(C)CC(=N)N)C1CC1. The average Bonchev–Trinajstić information content (AvgIpc) is 2.87. The third-order valence-corrected chi connectivity index (χ3v) is 2.87. The van der Waals surface area contributed by atoms with Crippen molar-refractivity contribution in [3.8, 4) is 0 Å². The quantitative estimate of drug-likeness (QED) is 0.484. The van der Waals surface area contributed by atoms with Gasteiger partial charge in [-0.05, 0) is 32.7 Å². The molecular formula is C11H23N3. The zero-order valence-corrected chi connectivity index (χ0v) is 9.42. The van der Waals surface area contributed by atoms with Gasteiger partial charge in [-0.15, -0.1) is 0 Å². The molecule has 1 unspecified atom stereocenters. The van der Waals surface area contributed by atoms with Crippen molar-refractivity contribution in [3.63, 3.8) is 0 Å². The summed E-state index contributed by atoms with van der Waals surface area (Å²) in [6, 6.07) is 1.24. The third-order valence-electron chi connectivity index (χ3n) is 2.87. The van der Waals surface area contributed by atoms with E-state index in [1.54, 1.807) is 0 Å². The molecule has 1 aliphatic carbocycles. The molecule has 0 saturated heterocycles. The molecule has 0 aromatic rings. The van der Waals surface area contributed by atoms with Crippen molar-refractivity contribution in [2.75, 3.05) is 6.54 Å². The van der Waals surface area contributed by atoms with Crippen LogP contribution in [0.2, 0.25) is 0 Å². The highest BCUT2D eigenvalue weighted by atomic mass is 15.2. The highest BCUT2D eigenvalue weighted by Crippen LogP contribution is 2.29. The molecule has 3 N–H and O–H groups in total. The monoisotopic (exact) mass is 197 g/mol. The van der Waals surface area contributed by atoms with E-state index in [4.69, 9.17) is 11.1 Å². The molecule has 1 saturated carbocycles. The van der Waals surface area contributed by atoms with E-state index in [9.17, 15) is 0 Å². The number of nitrogens with two attached hydrogens (primary N) is 1. The number of nitrogens with one attached hydrogen (secondary N) is 1. The number of hydrogen-bond donors (Lipinski definition) is 2. The topological polar surface area (TPSA) is 53.1 Å². The molecule has 0 aromatic carbocycles. The van der Waals surface area contributed by atoms with Crippen LogP contribution in [-0.2, 0) is 0 Å². The van der Waals surface area contributed by atoms with Crippen LogP contribution in [0.15, 0.2) is 0 Å². The highest BCUT2D eigenvalue weighted by molar-refractivity contribution is 5.77. The summed E-state index contributed by atoms with van der Waals surface area (Å²) in [5.74, 6) is 0.319. The Labute approximate surface area is 87.2 Å². The van der Waals surface area contributed by atoms with Crippen LogP contribution < -0.4 is 5.73 Å². The van der Waals surface area contributed by atoms with Crippen molar-refractivity contribution in [1.82, 2.24) is 4.90 Å². The standard InChI is InChI=1S/C11H23N3/c1-3-4-7-14(10-5-6-10)9(2)8-11(12)13/h9-10H,3-8H2,1-2H3,(H3,12,13). The Kier molecular flexibility index (Phi) is 4.39. The normalized spacial score (nSPS) is 18.5. The Bertz CT molecular complexity index is 187.